The van der Waals surface area contributed by atoms with Crippen molar-refractivity contribution < 1.29 is 4.79 Å². The summed E-state index contributed by atoms with van der Waals surface area (Å²) in [6.45, 7) is 4.77. The van der Waals surface area contributed by atoms with Gasteiger partial charge in [-0.1, -0.05) is 66.5 Å². The number of carbonyl (C=O) groups excluding carboxylic acids is 1. The van der Waals surface area contributed by atoms with Gasteiger partial charge in [0.2, 0.25) is 0 Å². The molecule has 21 heavy (non-hydrogen) atoms. The number of halogens is 1. The number of amides is 1. The first-order valence-electron chi connectivity index (χ1n) is 7.27. The molecule has 1 amide bonds. The predicted molar refractivity (Wildman–Crippen MR) is 90.9 cm³/mol. The van der Waals surface area contributed by atoms with Gasteiger partial charge in [-0.05, 0) is 28.4 Å². The van der Waals surface area contributed by atoms with Crippen LogP contribution >= 0.6 is 15.9 Å². The molecule has 2 rings (SSSR count). The van der Waals surface area contributed by atoms with E-state index < -0.39 is 0 Å². The van der Waals surface area contributed by atoms with Crippen LogP contribution in [0.25, 0.3) is 0 Å². The van der Waals surface area contributed by atoms with Crippen LogP contribution in [-0.2, 0) is 11.3 Å². The third-order valence-electron chi connectivity index (χ3n) is 3.76. The Morgan fingerprint density at radius 3 is 2.57 bits per heavy atom. The van der Waals surface area contributed by atoms with E-state index in [9.17, 15) is 4.79 Å². The number of rotatable bonds is 5. The minimum atomic E-state index is 0.0669. The number of hydrogen-bond donors (Lipinski definition) is 0. The molecule has 1 aliphatic heterocycles. The van der Waals surface area contributed by atoms with Gasteiger partial charge in [-0.2, -0.15) is 0 Å². The molecule has 0 saturated carbocycles. The van der Waals surface area contributed by atoms with Gasteiger partial charge in [-0.25, -0.2) is 0 Å². The molecule has 2 radical (unpaired) electrons. The summed E-state index contributed by atoms with van der Waals surface area (Å²) in [5.74, 6) is 0.322. The Bertz CT molecular complexity index is 576. The largest absolute Gasteiger partial charge is 0.304 e. The lowest BCUT2D eigenvalue weighted by Crippen LogP contribution is -2.27. The lowest BCUT2D eigenvalue weighted by molar-refractivity contribution is -0.125. The molecule has 108 valence electrons. The Hall–Kier alpha value is -1.29. The summed E-state index contributed by atoms with van der Waals surface area (Å²) in [5.41, 5.74) is 2.71. The highest BCUT2D eigenvalue weighted by Gasteiger charge is 2.31. The summed E-state index contributed by atoms with van der Waals surface area (Å²) in [4.78, 5) is 14.4. The predicted octanol–water partition coefficient (Wildman–Crippen LogP) is 4.12. The molecule has 4 heteroatoms. The van der Waals surface area contributed by atoms with Gasteiger partial charge in [0.15, 0.2) is 0 Å². The lowest BCUT2D eigenvalue weighted by atomic mass is 9.96. The van der Waals surface area contributed by atoms with E-state index in [4.69, 9.17) is 7.85 Å². The van der Waals surface area contributed by atoms with Crippen molar-refractivity contribution >= 4 is 29.7 Å². The molecule has 0 saturated heterocycles. The lowest BCUT2D eigenvalue weighted by Gasteiger charge is -2.21. The molecule has 1 aromatic carbocycles. The van der Waals surface area contributed by atoms with E-state index in [1.54, 1.807) is 4.90 Å². The second-order valence-corrected chi connectivity index (χ2v) is 6.25. The van der Waals surface area contributed by atoms with Crippen molar-refractivity contribution in [2.75, 3.05) is 0 Å². The molecule has 0 aliphatic carbocycles. The van der Waals surface area contributed by atoms with Crippen molar-refractivity contribution in [1.82, 2.24) is 4.90 Å². The van der Waals surface area contributed by atoms with Crippen LogP contribution in [0.5, 0.6) is 0 Å². The summed E-state index contributed by atoms with van der Waals surface area (Å²) >= 11 is 3.32. The van der Waals surface area contributed by atoms with Crippen LogP contribution in [0.4, 0.5) is 0 Å². The van der Waals surface area contributed by atoms with Crippen LogP contribution < -0.4 is 0 Å². The SMILES string of the molecule is [B]/C(Br)=C1/C=C(C(C)CCC)C(=O)N1Cc1ccccc1. The molecule has 0 spiro atoms. The van der Waals surface area contributed by atoms with Crippen molar-refractivity contribution in [3.63, 3.8) is 0 Å². The van der Waals surface area contributed by atoms with Crippen LogP contribution in [0, 0.1) is 5.92 Å². The van der Waals surface area contributed by atoms with Crippen LogP contribution in [0.2, 0.25) is 0 Å². The molecule has 1 heterocycles. The summed E-state index contributed by atoms with van der Waals surface area (Å²) < 4.78 is 0.505. The fourth-order valence-electron chi connectivity index (χ4n) is 2.61. The van der Waals surface area contributed by atoms with Crippen LogP contribution in [0.1, 0.15) is 32.3 Å². The maximum Gasteiger partial charge on any atom is 0.254 e. The average molecular weight is 344 g/mol. The Morgan fingerprint density at radius 2 is 2.00 bits per heavy atom. The number of carbonyl (C=O) groups is 1. The summed E-state index contributed by atoms with van der Waals surface area (Å²) in [6, 6.07) is 9.96. The van der Waals surface area contributed by atoms with Crippen LogP contribution in [0.15, 0.2) is 52.1 Å². The van der Waals surface area contributed by atoms with E-state index in [0.717, 1.165) is 29.7 Å². The third-order valence-corrected chi connectivity index (χ3v) is 4.16. The van der Waals surface area contributed by atoms with Crippen molar-refractivity contribution in [3.05, 3.63) is 57.6 Å². The zero-order chi connectivity index (χ0) is 15.4. The monoisotopic (exact) mass is 343 g/mol. The molecule has 1 aromatic rings. The Kier molecular flexibility index (Phi) is 5.46. The number of benzene rings is 1. The number of hydrogen-bond acceptors (Lipinski definition) is 1. The molecule has 0 aromatic heterocycles. The Morgan fingerprint density at radius 1 is 1.33 bits per heavy atom. The van der Waals surface area contributed by atoms with E-state index in [0.29, 0.717) is 10.9 Å². The molecule has 0 bridgehead atoms. The van der Waals surface area contributed by atoms with Gasteiger partial charge in [0.05, 0.1) is 6.54 Å². The van der Waals surface area contributed by atoms with Gasteiger partial charge in [-0.3, -0.25) is 4.79 Å². The van der Waals surface area contributed by atoms with Gasteiger partial charge >= 0.3 is 0 Å². The summed E-state index contributed by atoms with van der Waals surface area (Å²) in [5, 5.41) is 0. The molecule has 1 unspecified atom stereocenters. The van der Waals surface area contributed by atoms with E-state index in [-0.39, 0.29) is 11.8 Å². The summed E-state index contributed by atoms with van der Waals surface area (Å²) in [7, 11) is 5.90. The topological polar surface area (TPSA) is 20.3 Å². The van der Waals surface area contributed by atoms with E-state index in [2.05, 4.69) is 29.8 Å². The minimum absolute atomic E-state index is 0.0669. The van der Waals surface area contributed by atoms with Crippen molar-refractivity contribution in [3.8, 4) is 0 Å². The third kappa shape index (κ3) is 3.68. The first-order chi connectivity index (χ1) is 10.0. The van der Waals surface area contributed by atoms with Gasteiger partial charge in [-0.15, -0.1) is 0 Å². The summed E-state index contributed by atoms with van der Waals surface area (Å²) in [6.07, 6.45) is 4.00. The zero-order valence-electron chi connectivity index (χ0n) is 12.5. The molecule has 1 aliphatic rings. The van der Waals surface area contributed by atoms with Crippen molar-refractivity contribution in [2.24, 2.45) is 5.92 Å². The minimum Gasteiger partial charge on any atom is -0.304 e. The Labute approximate surface area is 136 Å². The zero-order valence-corrected chi connectivity index (χ0v) is 14.1. The smallest absolute Gasteiger partial charge is 0.254 e. The first-order valence-corrected chi connectivity index (χ1v) is 8.06. The molecular weight excluding hydrogens is 325 g/mol. The van der Waals surface area contributed by atoms with Gasteiger partial charge in [0.25, 0.3) is 5.91 Å². The van der Waals surface area contributed by atoms with E-state index >= 15 is 0 Å². The average Bonchev–Trinajstić information content (AvgIpc) is 2.78. The normalized spacial score (nSPS) is 18.7. The second kappa shape index (κ2) is 7.12. The molecule has 1 atom stereocenters. The Balaban J connectivity index is 2.27. The van der Waals surface area contributed by atoms with Crippen molar-refractivity contribution in [1.29, 1.82) is 0 Å². The van der Waals surface area contributed by atoms with E-state index in [1.807, 2.05) is 36.4 Å². The molecule has 2 nitrogen and oxygen atoms in total. The molecule has 0 fully saturated rings. The number of allylic oxidation sites excluding steroid dienone is 1. The highest BCUT2D eigenvalue weighted by atomic mass is 79.9. The quantitative estimate of drug-likeness (QED) is 0.736. The van der Waals surface area contributed by atoms with Crippen molar-refractivity contribution in [2.45, 2.75) is 33.2 Å². The standard InChI is InChI=1S/C17H19BBrNO/c1-3-7-12(2)14-10-15(16(18)19)20(17(14)21)11-13-8-5-4-6-9-13/h4-6,8-10,12H,3,7,11H2,1-2H3/b16-15+. The highest BCUT2D eigenvalue weighted by Crippen LogP contribution is 2.32. The van der Waals surface area contributed by atoms with Gasteiger partial charge < -0.3 is 4.90 Å². The van der Waals surface area contributed by atoms with Gasteiger partial charge in [0.1, 0.15) is 7.85 Å². The van der Waals surface area contributed by atoms with E-state index in [1.165, 1.54) is 0 Å². The first kappa shape index (κ1) is 16.1. The maximum absolute atomic E-state index is 12.7. The maximum atomic E-state index is 12.7. The van der Waals surface area contributed by atoms with Crippen LogP contribution in [-0.4, -0.2) is 18.7 Å². The number of nitrogens with zero attached hydrogens (tertiary/aromatic N) is 1. The fourth-order valence-corrected chi connectivity index (χ4v) is 2.94. The fraction of sp³-hybridized carbons (Fsp3) is 0.353. The van der Waals surface area contributed by atoms with Crippen LogP contribution in [0.3, 0.4) is 0 Å². The highest BCUT2D eigenvalue weighted by molar-refractivity contribution is 9.12. The van der Waals surface area contributed by atoms with Gasteiger partial charge in [0, 0.05) is 11.3 Å². The molecular formula is C17H19BBrNO. The molecule has 0 N–H and O–H groups in total. The second-order valence-electron chi connectivity index (χ2n) is 5.40.